The van der Waals surface area contributed by atoms with Crippen LogP contribution in [0.25, 0.3) is 0 Å². The van der Waals surface area contributed by atoms with Gasteiger partial charge in [-0.1, -0.05) is 30.1 Å². The molecule has 0 radical (unpaired) electrons. The molecule has 0 spiro atoms. The van der Waals surface area contributed by atoms with Crippen molar-refractivity contribution in [3.05, 3.63) is 27.7 Å². The Bertz CT molecular complexity index is 616. The third-order valence-electron chi connectivity index (χ3n) is 3.55. The molecular weight excluding hydrogens is 331 g/mol. The summed E-state index contributed by atoms with van der Waals surface area (Å²) in [6, 6.07) is 3.02. The van der Waals surface area contributed by atoms with Crippen molar-refractivity contribution < 1.29 is 8.42 Å². The van der Waals surface area contributed by atoms with Gasteiger partial charge in [0.15, 0.2) is 0 Å². The van der Waals surface area contributed by atoms with Crippen molar-refractivity contribution in [2.75, 3.05) is 13.1 Å². The molecule has 2 N–H and O–H groups in total. The van der Waals surface area contributed by atoms with Crippen molar-refractivity contribution in [1.82, 2.24) is 4.31 Å². The number of sulfonamides is 1. The Balaban J connectivity index is 2.43. The third kappa shape index (κ3) is 3.90. The maximum absolute atomic E-state index is 12.9. The van der Waals surface area contributed by atoms with Gasteiger partial charge in [0.25, 0.3) is 0 Å². The van der Waals surface area contributed by atoms with Crippen LogP contribution in [0.15, 0.2) is 17.0 Å². The molecule has 0 unspecified atom stereocenters. The van der Waals surface area contributed by atoms with Crippen LogP contribution in [-0.2, 0) is 16.6 Å². The predicted octanol–water partition coefficient (Wildman–Crippen LogP) is 3.26. The van der Waals surface area contributed by atoms with E-state index in [1.54, 1.807) is 6.07 Å². The number of hydrogen-bond acceptors (Lipinski definition) is 3. The highest BCUT2D eigenvalue weighted by atomic mass is 35.5. The minimum atomic E-state index is -3.64. The van der Waals surface area contributed by atoms with E-state index < -0.39 is 10.0 Å². The SMILES string of the molecule is CCCN(CC1CC1)S(=O)(=O)c1cc(Cl)cc(CN)c1Cl. The standard InChI is InChI=1S/C14H20Cl2N2O2S/c1-2-5-18(9-10-3-4-10)21(19,20)13-7-12(15)6-11(8-17)14(13)16/h6-7,10H,2-5,8-9,17H2,1H3. The normalized spacial score (nSPS) is 15.7. The molecule has 1 fully saturated rings. The molecule has 1 saturated carbocycles. The first-order valence-electron chi connectivity index (χ1n) is 7.08. The van der Waals surface area contributed by atoms with Crippen LogP contribution in [0.3, 0.4) is 0 Å². The molecule has 4 nitrogen and oxygen atoms in total. The number of rotatable bonds is 7. The Hall–Kier alpha value is -0.330. The van der Waals surface area contributed by atoms with Crippen LogP contribution in [0.5, 0.6) is 0 Å². The second-order valence-corrected chi connectivity index (χ2v) is 8.11. The summed E-state index contributed by atoms with van der Waals surface area (Å²) in [4.78, 5) is 0.0613. The van der Waals surface area contributed by atoms with Gasteiger partial charge in [0.2, 0.25) is 10.0 Å². The van der Waals surface area contributed by atoms with Gasteiger partial charge in [-0.05, 0) is 42.9 Å². The summed E-state index contributed by atoms with van der Waals surface area (Å²) in [6.07, 6.45) is 2.94. The fourth-order valence-corrected chi connectivity index (χ4v) is 4.77. The zero-order valence-corrected chi connectivity index (χ0v) is 14.3. The van der Waals surface area contributed by atoms with Crippen molar-refractivity contribution in [3.63, 3.8) is 0 Å². The Morgan fingerprint density at radius 3 is 2.52 bits per heavy atom. The van der Waals surface area contributed by atoms with E-state index in [-0.39, 0.29) is 16.5 Å². The zero-order chi connectivity index (χ0) is 15.6. The summed E-state index contributed by atoms with van der Waals surface area (Å²) in [5, 5.41) is 0.514. The van der Waals surface area contributed by atoms with Gasteiger partial charge in [-0.25, -0.2) is 8.42 Å². The molecule has 0 amide bonds. The smallest absolute Gasteiger partial charge is 0.244 e. The lowest BCUT2D eigenvalue weighted by Crippen LogP contribution is -2.34. The lowest BCUT2D eigenvalue weighted by atomic mass is 10.2. The van der Waals surface area contributed by atoms with E-state index in [9.17, 15) is 8.42 Å². The molecule has 1 aliphatic carbocycles. The molecule has 2 rings (SSSR count). The minimum Gasteiger partial charge on any atom is -0.326 e. The van der Waals surface area contributed by atoms with Crippen molar-refractivity contribution in [2.24, 2.45) is 11.7 Å². The lowest BCUT2D eigenvalue weighted by Gasteiger charge is -2.23. The first kappa shape index (κ1) is 17.0. The molecule has 1 aliphatic rings. The molecule has 21 heavy (non-hydrogen) atoms. The Morgan fingerprint density at radius 2 is 2.00 bits per heavy atom. The summed E-state index contributed by atoms with van der Waals surface area (Å²) < 4.78 is 27.3. The summed E-state index contributed by atoms with van der Waals surface area (Å²) >= 11 is 12.2. The average molecular weight is 351 g/mol. The first-order chi connectivity index (χ1) is 9.90. The highest BCUT2D eigenvalue weighted by Gasteiger charge is 2.33. The van der Waals surface area contributed by atoms with Gasteiger partial charge < -0.3 is 5.73 Å². The number of nitrogens with zero attached hydrogens (tertiary/aromatic N) is 1. The second-order valence-electron chi connectivity index (χ2n) is 5.39. The number of benzene rings is 1. The van der Waals surface area contributed by atoms with Crippen LogP contribution in [0.2, 0.25) is 10.0 Å². The van der Waals surface area contributed by atoms with E-state index >= 15 is 0 Å². The summed E-state index contributed by atoms with van der Waals surface area (Å²) in [7, 11) is -3.64. The number of nitrogens with two attached hydrogens (primary N) is 1. The van der Waals surface area contributed by atoms with E-state index in [1.807, 2.05) is 6.92 Å². The van der Waals surface area contributed by atoms with Crippen LogP contribution in [0.1, 0.15) is 31.7 Å². The largest absolute Gasteiger partial charge is 0.326 e. The molecule has 0 atom stereocenters. The summed E-state index contributed by atoms with van der Waals surface area (Å²) in [5.41, 5.74) is 6.15. The van der Waals surface area contributed by atoms with Gasteiger partial charge in [0, 0.05) is 24.7 Å². The molecule has 0 heterocycles. The molecule has 7 heteroatoms. The van der Waals surface area contributed by atoms with Crippen molar-refractivity contribution in [2.45, 2.75) is 37.6 Å². The quantitative estimate of drug-likeness (QED) is 0.820. The highest BCUT2D eigenvalue weighted by molar-refractivity contribution is 7.89. The van der Waals surface area contributed by atoms with E-state index in [0.29, 0.717) is 29.6 Å². The predicted molar refractivity (Wildman–Crippen MR) is 86.1 cm³/mol. The lowest BCUT2D eigenvalue weighted by molar-refractivity contribution is 0.395. The van der Waals surface area contributed by atoms with Crippen LogP contribution in [0.4, 0.5) is 0 Å². The monoisotopic (exact) mass is 350 g/mol. The van der Waals surface area contributed by atoms with Gasteiger partial charge in [-0.2, -0.15) is 4.31 Å². The molecule has 1 aromatic rings. The van der Waals surface area contributed by atoms with Crippen LogP contribution in [0, 0.1) is 5.92 Å². The van der Waals surface area contributed by atoms with Crippen LogP contribution >= 0.6 is 23.2 Å². The Morgan fingerprint density at radius 1 is 1.33 bits per heavy atom. The average Bonchev–Trinajstić information content (AvgIpc) is 3.24. The highest BCUT2D eigenvalue weighted by Crippen LogP contribution is 2.35. The van der Waals surface area contributed by atoms with E-state index in [1.165, 1.54) is 10.4 Å². The Kier molecular flexibility index (Phi) is 5.54. The molecule has 0 bridgehead atoms. The number of hydrogen-bond donors (Lipinski definition) is 1. The molecule has 118 valence electrons. The fourth-order valence-electron chi connectivity index (χ4n) is 2.24. The van der Waals surface area contributed by atoms with Gasteiger partial charge in [-0.15, -0.1) is 0 Å². The molecular formula is C14H20Cl2N2O2S. The van der Waals surface area contributed by atoms with Gasteiger partial charge in [-0.3, -0.25) is 0 Å². The summed E-state index contributed by atoms with van der Waals surface area (Å²) in [6.45, 7) is 3.15. The third-order valence-corrected chi connectivity index (χ3v) is 6.21. The second kappa shape index (κ2) is 6.84. The van der Waals surface area contributed by atoms with Crippen molar-refractivity contribution >= 4 is 33.2 Å². The van der Waals surface area contributed by atoms with Crippen LogP contribution in [-0.4, -0.2) is 25.8 Å². The van der Waals surface area contributed by atoms with Crippen molar-refractivity contribution in [3.8, 4) is 0 Å². The van der Waals surface area contributed by atoms with Gasteiger partial charge in [0.1, 0.15) is 4.90 Å². The molecule has 0 aromatic heterocycles. The molecule has 1 aromatic carbocycles. The van der Waals surface area contributed by atoms with Gasteiger partial charge in [0.05, 0.1) is 5.02 Å². The summed E-state index contributed by atoms with van der Waals surface area (Å²) in [5.74, 6) is 0.471. The minimum absolute atomic E-state index is 0.0613. The van der Waals surface area contributed by atoms with Gasteiger partial charge >= 0.3 is 0 Å². The molecule has 0 saturated heterocycles. The van der Waals surface area contributed by atoms with Crippen LogP contribution < -0.4 is 5.73 Å². The Labute approximate surface area is 136 Å². The maximum atomic E-state index is 12.9. The van der Waals surface area contributed by atoms with E-state index in [0.717, 1.165) is 19.3 Å². The molecule has 0 aliphatic heterocycles. The van der Waals surface area contributed by atoms with Crippen molar-refractivity contribution in [1.29, 1.82) is 0 Å². The zero-order valence-electron chi connectivity index (χ0n) is 12.0. The number of halogens is 2. The van der Waals surface area contributed by atoms with E-state index in [4.69, 9.17) is 28.9 Å². The van der Waals surface area contributed by atoms with E-state index in [2.05, 4.69) is 0 Å². The fraction of sp³-hybridized carbons (Fsp3) is 0.571. The maximum Gasteiger partial charge on any atom is 0.244 e. The topological polar surface area (TPSA) is 63.4 Å². The first-order valence-corrected chi connectivity index (χ1v) is 9.27.